The van der Waals surface area contributed by atoms with E-state index in [1.165, 1.54) is 28.1 Å². The van der Waals surface area contributed by atoms with E-state index in [4.69, 9.17) is 10.2 Å². The number of benzene rings is 1. The average molecular weight is 297 g/mol. The maximum absolute atomic E-state index is 12.5. The molecule has 1 aliphatic heterocycles. The third kappa shape index (κ3) is 1.83. The molecule has 0 amide bonds. The Balaban J connectivity index is 2.20. The molecule has 0 unspecified atom stereocenters. The molecule has 1 saturated heterocycles. The molecule has 2 heterocycles. The summed E-state index contributed by atoms with van der Waals surface area (Å²) in [6.45, 7) is 1.03. The van der Waals surface area contributed by atoms with E-state index in [2.05, 4.69) is 0 Å². The smallest absolute Gasteiger partial charge is 0.408 e. The Morgan fingerprint density at radius 3 is 2.55 bits per heavy atom. The molecule has 7 nitrogen and oxygen atoms in total. The van der Waals surface area contributed by atoms with E-state index >= 15 is 0 Å². The number of hydrogen-bond donors (Lipinski definition) is 1. The van der Waals surface area contributed by atoms with Crippen LogP contribution < -0.4 is 11.5 Å². The third-order valence-electron chi connectivity index (χ3n) is 3.59. The minimum Gasteiger partial charge on any atom is -0.408 e. The van der Waals surface area contributed by atoms with Gasteiger partial charge in [-0.1, -0.05) is 0 Å². The highest BCUT2D eigenvalue weighted by atomic mass is 32.2. The molecule has 1 fully saturated rings. The van der Waals surface area contributed by atoms with Gasteiger partial charge in [0.05, 0.1) is 10.6 Å². The standard InChI is InChI=1S/C12H15N3O4S/c1-14-11-9(13)6-8(7-10(11)19-12(14)16)20(17,18)15-4-2-3-5-15/h6-7H,2-5,13H2,1H3. The number of nitrogens with zero attached hydrogens (tertiary/aromatic N) is 2. The lowest BCUT2D eigenvalue weighted by atomic mass is 10.3. The van der Waals surface area contributed by atoms with Gasteiger partial charge in [0.25, 0.3) is 0 Å². The molecule has 0 spiro atoms. The van der Waals surface area contributed by atoms with Crippen LogP contribution in [0, 0.1) is 0 Å². The molecule has 2 aromatic rings. The van der Waals surface area contributed by atoms with Gasteiger partial charge >= 0.3 is 5.76 Å². The number of nitrogens with two attached hydrogens (primary N) is 1. The number of nitrogen functional groups attached to an aromatic ring is 1. The van der Waals surface area contributed by atoms with Gasteiger partial charge in [-0.25, -0.2) is 13.2 Å². The Morgan fingerprint density at radius 1 is 1.25 bits per heavy atom. The Hall–Kier alpha value is -1.80. The molecule has 1 aliphatic rings. The first-order valence-electron chi connectivity index (χ1n) is 6.30. The fourth-order valence-corrected chi connectivity index (χ4v) is 4.09. The molecule has 2 N–H and O–H groups in total. The van der Waals surface area contributed by atoms with Crippen LogP contribution >= 0.6 is 0 Å². The minimum absolute atomic E-state index is 0.0683. The van der Waals surface area contributed by atoms with Crippen molar-refractivity contribution in [2.45, 2.75) is 17.7 Å². The third-order valence-corrected chi connectivity index (χ3v) is 5.46. The summed E-state index contributed by atoms with van der Waals surface area (Å²) in [4.78, 5) is 11.6. The molecule has 0 atom stereocenters. The Labute approximate surface area is 115 Å². The van der Waals surface area contributed by atoms with Crippen LogP contribution in [0.15, 0.2) is 26.2 Å². The summed E-state index contributed by atoms with van der Waals surface area (Å²) in [5, 5.41) is 0. The molecule has 1 aromatic heterocycles. The monoisotopic (exact) mass is 297 g/mol. The highest BCUT2D eigenvalue weighted by molar-refractivity contribution is 7.89. The Bertz CT molecular complexity index is 828. The highest BCUT2D eigenvalue weighted by Gasteiger charge is 2.28. The maximum atomic E-state index is 12.5. The van der Waals surface area contributed by atoms with Gasteiger partial charge in [0.15, 0.2) is 5.58 Å². The SMILES string of the molecule is Cn1c(=O)oc2cc(S(=O)(=O)N3CCCC3)cc(N)c21. The van der Waals surface area contributed by atoms with Crippen molar-refractivity contribution in [2.75, 3.05) is 18.8 Å². The van der Waals surface area contributed by atoms with Gasteiger partial charge in [0.2, 0.25) is 10.0 Å². The van der Waals surface area contributed by atoms with E-state index in [1.54, 1.807) is 0 Å². The summed E-state index contributed by atoms with van der Waals surface area (Å²) >= 11 is 0. The number of aromatic nitrogens is 1. The molecular weight excluding hydrogens is 282 g/mol. The van der Waals surface area contributed by atoms with Gasteiger partial charge in [0.1, 0.15) is 5.52 Å². The van der Waals surface area contributed by atoms with Crippen molar-refractivity contribution in [3.05, 3.63) is 22.7 Å². The van der Waals surface area contributed by atoms with Crippen LogP contribution in [0.4, 0.5) is 5.69 Å². The lowest BCUT2D eigenvalue weighted by molar-refractivity contribution is 0.477. The molecule has 108 valence electrons. The number of oxazole rings is 1. The molecule has 0 aliphatic carbocycles. The van der Waals surface area contributed by atoms with Gasteiger partial charge in [-0.05, 0) is 18.9 Å². The van der Waals surface area contributed by atoms with Gasteiger partial charge in [-0.2, -0.15) is 4.31 Å². The molecular formula is C12H15N3O4S. The fraction of sp³-hybridized carbons (Fsp3) is 0.417. The largest absolute Gasteiger partial charge is 0.419 e. The number of sulfonamides is 1. The van der Waals surface area contributed by atoms with Gasteiger partial charge < -0.3 is 10.2 Å². The Morgan fingerprint density at radius 2 is 1.90 bits per heavy atom. The van der Waals surface area contributed by atoms with E-state index in [0.717, 1.165) is 12.8 Å². The highest BCUT2D eigenvalue weighted by Crippen LogP contribution is 2.28. The molecule has 20 heavy (non-hydrogen) atoms. The second kappa shape index (κ2) is 4.35. The average Bonchev–Trinajstić information content (AvgIpc) is 2.99. The van der Waals surface area contributed by atoms with Crippen molar-refractivity contribution in [3.63, 3.8) is 0 Å². The summed E-state index contributed by atoms with van der Waals surface area (Å²) in [6.07, 6.45) is 1.72. The zero-order valence-corrected chi connectivity index (χ0v) is 11.8. The van der Waals surface area contributed by atoms with Crippen LogP contribution in [0.2, 0.25) is 0 Å². The van der Waals surface area contributed by atoms with E-state index in [1.807, 2.05) is 0 Å². The topological polar surface area (TPSA) is 98.5 Å². The van der Waals surface area contributed by atoms with E-state index in [9.17, 15) is 13.2 Å². The number of hydrogen-bond acceptors (Lipinski definition) is 5. The molecule has 1 aromatic carbocycles. The van der Waals surface area contributed by atoms with Crippen LogP contribution in [0.25, 0.3) is 11.1 Å². The molecule has 0 radical (unpaired) electrons. The summed E-state index contributed by atoms with van der Waals surface area (Å²) in [7, 11) is -2.05. The van der Waals surface area contributed by atoms with Crippen LogP contribution in [0.3, 0.4) is 0 Å². The first-order valence-corrected chi connectivity index (χ1v) is 7.74. The first-order chi connectivity index (χ1) is 9.41. The zero-order chi connectivity index (χ0) is 14.5. The van der Waals surface area contributed by atoms with Crippen LogP contribution in [-0.4, -0.2) is 30.4 Å². The molecule has 8 heteroatoms. The van der Waals surface area contributed by atoms with Gasteiger partial charge in [-0.15, -0.1) is 0 Å². The van der Waals surface area contributed by atoms with Crippen molar-refractivity contribution in [1.82, 2.24) is 8.87 Å². The Kier molecular flexibility index (Phi) is 2.87. The maximum Gasteiger partial charge on any atom is 0.419 e. The van der Waals surface area contributed by atoms with Crippen molar-refractivity contribution in [1.29, 1.82) is 0 Å². The van der Waals surface area contributed by atoms with Crippen LogP contribution in [0.5, 0.6) is 0 Å². The number of rotatable bonds is 2. The molecule has 0 bridgehead atoms. The summed E-state index contributed by atoms with van der Waals surface area (Å²) < 4.78 is 32.6. The fourth-order valence-electron chi connectivity index (χ4n) is 2.52. The lowest BCUT2D eigenvalue weighted by Crippen LogP contribution is -2.27. The summed E-state index contributed by atoms with van der Waals surface area (Å²) in [5.41, 5.74) is 6.68. The second-order valence-electron chi connectivity index (χ2n) is 4.90. The second-order valence-corrected chi connectivity index (χ2v) is 6.84. The number of aryl methyl sites for hydroxylation is 1. The van der Waals surface area contributed by atoms with Gasteiger partial charge in [0, 0.05) is 26.2 Å². The quantitative estimate of drug-likeness (QED) is 0.814. The first kappa shape index (κ1) is 13.2. The number of anilines is 1. The lowest BCUT2D eigenvalue weighted by Gasteiger charge is -2.15. The molecule has 3 rings (SSSR count). The predicted octanol–water partition coefficient (Wildman–Crippen LogP) is 0.498. The van der Waals surface area contributed by atoms with Crippen LogP contribution in [-0.2, 0) is 17.1 Å². The van der Waals surface area contributed by atoms with E-state index in [0.29, 0.717) is 18.6 Å². The summed E-state index contributed by atoms with van der Waals surface area (Å²) in [6, 6.07) is 2.74. The van der Waals surface area contributed by atoms with Crippen molar-refractivity contribution >= 4 is 26.8 Å². The van der Waals surface area contributed by atoms with E-state index < -0.39 is 15.8 Å². The number of fused-ring (bicyclic) bond motifs is 1. The normalized spacial score (nSPS) is 17.1. The van der Waals surface area contributed by atoms with Gasteiger partial charge in [-0.3, -0.25) is 4.57 Å². The predicted molar refractivity (Wildman–Crippen MR) is 73.9 cm³/mol. The van der Waals surface area contributed by atoms with Crippen LogP contribution in [0.1, 0.15) is 12.8 Å². The molecule has 0 saturated carbocycles. The van der Waals surface area contributed by atoms with Crippen molar-refractivity contribution in [3.8, 4) is 0 Å². The van der Waals surface area contributed by atoms with Crippen molar-refractivity contribution in [2.24, 2.45) is 7.05 Å². The van der Waals surface area contributed by atoms with E-state index in [-0.39, 0.29) is 16.2 Å². The minimum atomic E-state index is -3.57. The summed E-state index contributed by atoms with van der Waals surface area (Å²) in [5.74, 6) is -0.567. The van der Waals surface area contributed by atoms with Crippen molar-refractivity contribution < 1.29 is 12.8 Å². The zero-order valence-electron chi connectivity index (χ0n) is 11.0.